The van der Waals surface area contributed by atoms with Gasteiger partial charge in [-0.05, 0) is 41.4 Å². The highest BCUT2D eigenvalue weighted by atomic mass is 28.4. The number of rotatable bonds is 7. The van der Waals surface area contributed by atoms with Crippen molar-refractivity contribution in [3.8, 4) is 0 Å². The second-order valence-electron chi connectivity index (χ2n) is 11.4. The van der Waals surface area contributed by atoms with E-state index in [4.69, 9.17) is 13.9 Å². The lowest BCUT2D eigenvalue weighted by Gasteiger charge is -2.44. The van der Waals surface area contributed by atoms with Gasteiger partial charge in [-0.25, -0.2) is 0 Å². The molecule has 1 saturated heterocycles. The van der Waals surface area contributed by atoms with Crippen molar-refractivity contribution in [3.05, 3.63) is 96.1 Å². The minimum atomic E-state index is -2.92. The Kier molecular flexibility index (Phi) is 6.90. The van der Waals surface area contributed by atoms with Crippen LogP contribution in [0.15, 0.2) is 84.9 Å². The van der Waals surface area contributed by atoms with Crippen LogP contribution in [0.4, 0.5) is 0 Å². The molecule has 0 aliphatic carbocycles. The zero-order valence-corrected chi connectivity index (χ0v) is 23.6. The van der Waals surface area contributed by atoms with Crippen LogP contribution in [-0.2, 0) is 13.9 Å². The maximum atomic E-state index is 13.6. The normalized spacial score (nSPS) is 20.0. The number of hydrogen-bond donors (Lipinski definition) is 0. The summed E-state index contributed by atoms with van der Waals surface area (Å²) in [6.45, 7) is 10.7. The number of amides is 2. The van der Waals surface area contributed by atoms with Gasteiger partial charge in [0.15, 0.2) is 5.79 Å². The fourth-order valence-corrected chi connectivity index (χ4v) is 10.3. The van der Waals surface area contributed by atoms with E-state index >= 15 is 0 Å². The van der Waals surface area contributed by atoms with Gasteiger partial charge in [-0.2, -0.15) is 0 Å². The Bertz CT molecular complexity index is 1240. The van der Waals surface area contributed by atoms with Gasteiger partial charge in [0.1, 0.15) is 6.10 Å². The quantitative estimate of drug-likeness (QED) is 0.336. The van der Waals surface area contributed by atoms with E-state index in [0.29, 0.717) is 11.1 Å². The van der Waals surface area contributed by atoms with E-state index in [-0.39, 0.29) is 30.1 Å². The monoisotopic (exact) mass is 529 g/mol. The lowest BCUT2D eigenvalue weighted by atomic mass is 10.1. The predicted molar refractivity (Wildman–Crippen MR) is 149 cm³/mol. The van der Waals surface area contributed by atoms with Crippen LogP contribution >= 0.6 is 0 Å². The van der Waals surface area contributed by atoms with E-state index in [1.54, 1.807) is 24.3 Å². The second kappa shape index (κ2) is 9.89. The summed E-state index contributed by atoms with van der Waals surface area (Å²) in [5.74, 6) is -1.47. The predicted octanol–water partition coefficient (Wildman–Crippen LogP) is 4.38. The standard InChI is InChI=1S/C31H35NO5Si/c1-30(2,3)38(22-14-8-6-9-15-22,23-16-10-7-11-17-23)36-20-26(27-21-35-31(4,5)37-27)32-28(33)24-18-12-13-19-25(24)29(32)34/h6-19,26-27H,20-21H2,1-5H3/t26-,27-/m0/s1. The van der Waals surface area contributed by atoms with E-state index in [0.717, 1.165) is 10.4 Å². The van der Waals surface area contributed by atoms with E-state index < -0.39 is 26.3 Å². The van der Waals surface area contributed by atoms with Crippen molar-refractivity contribution >= 4 is 30.5 Å². The third-order valence-electron chi connectivity index (χ3n) is 7.50. The Morgan fingerprint density at radius 3 is 1.76 bits per heavy atom. The average molecular weight is 530 g/mol. The number of hydrogen-bond acceptors (Lipinski definition) is 5. The van der Waals surface area contributed by atoms with Crippen LogP contribution in [0, 0.1) is 0 Å². The molecule has 3 aromatic rings. The molecule has 2 aliphatic rings. The first-order chi connectivity index (χ1) is 18.1. The van der Waals surface area contributed by atoms with Gasteiger partial charge >= 0.3 is 0 Å². The Hall–Kier alpha value is -3.10. The van der Waals surface area contributed by atoms with Gasteiger partial charge in [0.2, 0.25) is 0 Å². The summed E-state index contributed by atoms with van der Waals surface area (Å²) in [5.41, 5.74) is 0.817. The SMILES string of the molecule is CC1(C)OC[C@@H]([C@H](CO[Si](c2ccccc2)(c2ccccc2)C(C)(C)C)N2C(=O)c3ccccc3C2=O)O1. The van der Waals surface area contributed by atoms with Crippen molar-refractivity contribution in [1.29, 1.82) is 0 Å². The van der Waals surface area contributed by atoms with E-state index in [1.165, 1.54) is 4.90 Å². The Morgan fingerprint density at radius 1 is 0.868 bits per heavy atom. The van der Waals surface area contributed by atoms with Gasteiger partial charge in [0.25, 0.3) is 20.1 Å². The smallest absolute Gasteiger partial charge is 0.261 e. The Morgan fingerprint density at radius 2 is 1.34 bits per heavy atom. The molecule has 6 nitrogen and oxygen atoms in total. The fourth-order valence-electron chi connectivity index (χ4n) is 5.73. The van der Waals surface area contributed by atoms with Gasteiger partial charge in [-0.15, -0.1) is 0 Å². The van der Waals surface area contributed by atoms with E-state index in [9.17, 15) is 9.59 Å². The minimum Gasteiger partial charge on any atom is -0.405 e. The molecule has 0 bridgehead atoms. The minimum absolute atomic E-state index is 0.128. The molecule has 0 spiro atoms. The molecule has 2 amide bonds. The van der Waals surface area contributed by atoms with E-state index in [2.05, 4.69) is 45.0 Å². The molecular formula is C31H35NO5Si. The molecule has 2 aliphatic heterocycles. The highest BCUT2D eigenvalue weighted by Crippen LogP contribution is 2.38. The lowest BCUT2D eigenvalue weighted by Crippen LogP contribution is -2.68. The molecule has 198 valence electrons. The largest absolute Gasteiger partial charge is 0.405 e. The third-order valence-corrected chi connectivity index (χ3v) is 12.5. The van der Waals surface area contributed by atoms with Gasteiger partial charge in [0, 0.05) is 0 Å². The van der Waals surface area contributed by atoms with Crippen molar-refractivity contribution in [2.75, 3.05) is 13.2 Å². The maximum Gasteiger partial charge on any atom is 0.261 e. The number of imide groups is 1. The van der Waals surface area contributed by atoms with Crippen molar-refractivity contribution in [2.45, 2.75) is 57.6 Å². The van der Waals surface area contributed by atoms with E-state index in [1.807, 2.05) is 50.2 Å². The molecule has 3 aromatic carbocycles. The first-order valence-electron chi connectivity index (χ1n) is 13.1. The van der Waals surface area contributed by atoms with Crippen molar-refractivity contribution in [3.63, 3.8) is 0 Å². The summed E-state index contributed by atoms with van der Waals surface area (Å²) in [6.07, 6.45) is -0.523. The number of carbonyl (C=O) groups excluding carboxylic acids is 2. The van der Waals surface area contributed by atoms with Crippen molar-refractivity contribution in [1.82, 2.24) is 4.90 Å². The molecule has 38 heavy (non-hydrogen) atoms. The summed E-state index contributed by atoms with van der Waals surface area (Å²) >= 11 is 0. The zero-order valence-electron chi connectivity index (χ0n) is 22.6. The summed E-state index contributed by atoms with van der Waals surface area (Å²) in [5, 5.41) is 2.00. The number of nitrogens with zero attached hydrogens (tertiary/aromatic N) is 1. The molecule has 5 rings (SSSR count). The van der Waals surface area contributed by atoms with Crippen LogP contribution in [0.25, 0.3) is 0 Å². The molecule has 7 heteroatoms. The summed E-state index contributed by atoms with van der Waals surface area (Å²) < 4.78 is 19.3. The molecule has 0 aromatic heterocycles. The molecule has 0 saturated carbocycles. The van der Waals surface area contributed by atoms with Crippen molar-refractivity contribution in [2.24, 2.45) is 0 Å². The Balaban J connectivity index is 1.59. The summed E-state index contributed by atoms with van der Waals surface area (Å²) in [6, 6.07) is 26.9. The topological polar surface area (TPSA) is 65.1 Å². The maximum absolute atomic E-state index is 13.6. The van der Waals surface area contributed by atoms with Crippen molar-refractivity contribution < 1.29 is 23.5 Å². The highest BCUT2D eigenvalue weighted by Gasteiger charge is 2.53. The first kappa shape index (κ1) is 26.5. The fraction of sp³-hybridized carbons (Fsp3) is 0.355. The number of fused-ring (bicyclic) bond motifs is 1. The molecule has 0 N–H and O–H groups in total. The number of benzene rings is 3. The molecule has 0 radical (unpaired) electrons. The molecule has 0 unspecified atom stereocenters. The number of carbonyl (C=O) groups is 2. The summed E-state index contributed by atoms with van der Waals surface area (Å²) in [4.78, 5) is 28.5. The highest BCUT2D eigenvalue weighted by molar-refractivity contribution is 6.99. The van der Waals surface area contributed by atoms with Crippen LogP contribution in [-0.4, -0.2) is 56.2 Å². The first-order valence-corrected chi connectivity index (χ1v) is 15.0. The second-order valence-corrected chi connectivity index (χ2v) is 15.7. The van der Waals surface area contributed by atoms with Gasteiger partial charge in [-0.1, -0.05) is 93.6 Å². The number of ether oxygens (including phenoxy) is 2. The van der Waals surface area contributed by atoms with Gasteiger partial charge in [0.05, 0.1) is 30.4 Å². The van der Waals surface area contributed by atoms with Crippen LogP contribution in [0.2, 0.25) is 5.04 Å². The third kappa shape index (κ3) is 4.54. The average Bonchev–Trinajstić information content (AvgIpc) is 3.38. The molecular weight excluding hydrogens is 494 g/mol. The lowest BCUT2D eigenvalue weighted by molar-refractivity contribution is -0.145. The molecule has 1 fully saturated rings. The van der Waals surface area contributed by atoms with Crippen LogP contribution < -0.4 is 10.4 Å². The molecule has 2 heterocycles. The Labute approximate surface area is 225 Å². The zero-order chi connectivity index (χ0) is 27.1. The van der Waals surface area contributed by atoms with Gasteiger partial charge < -0.3 is 13.9 Å². The molecule has 2 atom stereocenters. The summed E-state index contributed by atoms with van der Waals surface area (Å²) in [7, 11) is -2.92. The van der Waals surface area contributed by atoms with Crippen LogP contribution in [0.5, 0.6) is 0 Å². The van der Waals surface area contributed by atoms with Crippen LogP contribution in [0.3, 0.4) is 0 Å². The van der Waals surface area contributed by atoms with Gasteiger partial charge in [-0.3, -0.25) is 14.5 Å². The van der Waals surface area contributed by atoms with Crippen LogP contribution in [0.1, 0.15) is 55.3 Å².